The number of rotatable bonds is 2. The van der Waals surface area contributed by atoms with Crippen LogP contribution in [0.15, 0.2) is 24.3 Å². The van der Waals surface area contributed by atoms with E-state index in [-0.39, 0.29) is 24.0 Å². The molecular weight excluding hydrogens is 208 g/mol. The lowest BCUT2D eigenvalue weighted by atomic mass is 10.2. The Bertz CT molecular complexity index is 354. The van der Waals surface area contributed by atoms with Crippen LogP contribution in [-0.2, 0) is 4.74 Å². The molecule has 1 aromatic rings. The van der Waals surface area contributed by atoms with Gasteiger partial charge in [0.15, 0.2) is 0 Å². The number of nitro benzene ring substituents is 1. The van der Waals surface area contributed by atoms with E-state index in [9.17, 15) is 10.1 Å². The second kappa shape index (κ2) is 5.18. The van der Waals surface area contributed by atoms with Crippen molar-refractivity contribution in [2.75, 3.05) is 7.11 Å². The molecule has 6 heteroatoms. The minimum Gasteiger partial charge on any atom is -1.00 e. The highest BCUT2D eigenvalue weighted by Gasteiger charge is 2.11. The first-order valence-electron chi connectivity index (χ1n) is 3.56. The molecule has 0 spiro atoms. The Balaban J connectivity index is 0.00000169. The third kappa shape index (κ3) is 2.70. The van der Waals surface area contributed by atoms with Gasteiger partial charge in [0.25, 0.3) is 5.69 Å². The van der Waals surface area contributed by atoms with Crippen LogP contribution < -0.4 is 17.8 Å². The molecule has 0 radical (unpaired) electrons. The van der Waals surface area contributed by atoms with Crippen LogP contribution in [-0.4, -0.2) is 17.9 Å². The standard InChI is InChI=1S/C8H8N2O3.ClH/c1-13-8(9)6-3-2-4-7(5-6)10(11)12;/h2-5,9H,1H3;1H. The van der Waals surface area contributed by atoms with Crippen LogP contribution >= 0.6 is 0 Å². The predicted molar refractivity (Wildman–Crippen MR) is 46.1 cm³/mol. The number of nitrogens with zero attached hydrogens (tertiary/aromatic N) is 1. The first-order chi connectivity index (χ1) is 6.15. The predicted octanol–water partition coefficient (Wildman–Crippen LogP) is -3.25. The quantitative estimate of drug-likeness (QED) is 0.244. The molecule has 0 atom stereocenters. The summed E-state index contributed by atoms with van der Waals surface area (Å²) in [7, 11) is 1.41. The lowest BCUT2D eigenvalue weighted by Gasteiger charge is -1.96. The zero-order valence-electron chi connectivity index (χ0n) is 7.44. The Morgan fingerprint density at radius 3 is 2.71 bits per heavy atom. The molecule has 0 saturated carbocycles. The van der Waals surface area contributed by atoms with Gasteiger partial charge in [0.1, 0.15) is 0 Å². The van der Waals surface area contributed by atoms with Crippen LogP contribution in [0.4, 0.5) is 5.69 Å². The average Bonchev–Trinajstić information content (AvgIpc) is 2.17. The smallest absolute Gasteiger partial charge is 0.366 e. The van der Waals surface area contributed by atoms with Crippen LogP contribution in [0.5, 0.6) is 0 Å². The summed E-state index contributed by atoms with van der Waals surface area (Å²) in [6.45, 7) is 0. The van der Waals surface area contributed by atoms with Gasteiger partial charge in [-0.1, -0.05) is 6.07 Å². The number of hydrogen-bond acceptors (Lipinski definition) is 3. The van der Waals surface area contributed by atoms with E-state index in [1.807, 2.05) is 0 Å². The molecule has 76 valence electrons. The van der Waals surface area contributed by atoms with E-state index < -0.39 is 4.92 Å². The molecule has 14 heavy (non-hydrogen) atoms. The molecule has 0 unspecified atom stereocenters. The van der Waals surface area contributed by atoms with E-state index in [1.165, 1.54) is 19.2 Å². The molecule has 1 aromatic carbocycles. The maximum atomic E-state index is 10.4. The van der Waals surface area contributed by atoms with E-state index in [1.54, 1.807) is 12.1 Å². The van der Waals surface area contributed by atoms with Crippen LogP contribution in [0.1, 0.15) is 5.56 Å². The molecule has 5 nitrogen and oxygen atoms in total. The van der Waals surface area contributed by atoms with Crippen LogP contribution in [0.25, 0.3) is 0 Å². The summed E-state index contributed by atoms with van der Waals surface area (Å²) in [5.74, 6) is 0.170. The first kappa shape index (κ1) is 12.4. The molecule has 0 saturated heterocycles. The van der Waals surface area contributed by atoms with E-state index >= 15 is 0 Å². The number of hydrogen-bond donors (Lipinski definition) is 1. The third-order valence-electron chi connectivity index (χ3n) is 1.56. The van der Waals surface area contributed by atoms with Crippen molar-refractivity contribution in [3.05, 3.63) is 39.9 Å². The molecule has 0 aromatic heterocycles. The molecule has 0 aliphatic heterocycles. The molecule has 1 rings (SSSR count). The van der Waals surface area contributed by atoms with Gasteiger partial charge in [-0.25, -0.2) is 5.41 Å². The third-order valence-corrected chi connectivity index (χ3v) is 1.56. The van der Waals surface area contributed by atoms with Crippen LogP contribution in [0.3, 0.4) is 0 Å². The van der Waals surface area contributed by atoms with Crippen molar-refractivity contribution in [3.8, 4) is 0 Å². The first-order valence-corrected chi connectivity index (χ1v) is 3.56. The number of nitrogens with two attached hydrogens (primary N) is 1. The maximum Gasteiger partial charge on any atom is 0.366 e. The van der Waals surface area contributed by atoms with Gasteiger partial charge in [-0.05, 0) is 6.07 Å². The second-order valence-corrected chi connectivity index (χ2v) is 2.38. The van der Waals surface area contributed by atoms with Crippen molar-refractivity contribution in [1.29, 1.82) is 0 Å². The fraction of sp³-hybridized carbons (Fsp3) is 0.125. The Morgan fingerprint density at radius 2 is 2.21 bits per heavy atom. The number of benzene rings is 1. The summed E-state index contributed by atoms with van der Waals surface area (Å²) in [4.78, 5) is 9.90. The topological polar surface area (TPSA) is 78.0 Å². The van der Waals surface area contributed by atoms with E-state index in [0.29, 0.717) is 5.56 Å². The van der Waals surface area contributed by atoms with Gasteiger partial charge >= 0.3 is 5.90 Å². The van der Waals surface area contributed by atoms with Gasteiger partial charge in [0.2, 0.25) is 0 Å². The average molecular weight is 217 g/mol. The van der Waals surface area contributed by atoms with Crippen LogP contribution in [0, 0.1) is 10.1 Å². The zero-order valence-corrected chi connectivity index (χ0v) is 8.19. The van der Waals surface area contributed by atoms with Crippen molar-refractivity contribution < 1.29 is 27.5 Å². The number of halogens is 1. The lowest BCUT2D eigenvalue weighted by Crippen LogP contribution is -3.00. The van der Waals surface area contributed by atoms with Crippen molar-refractivity contribution >= 4 is 11.6 Å². The van der Waals surface area contributed by atoms with Crippen molar-refractivity contribution in [1.82, 2.24) is 0 Å². The number of ether oxygens (including phenoxy) is 1. The second-order valence-electron chi connectivity index (χ2n) is 2.38. The van der Waals surface area contributed by atoms with Crippen LogP contribution in [0.2, 0.25) is 0 Å². The van der Waals surface area contributed by atoms with E-state index in [2.05, 4.69) is 0 Å². The summed E-state index contributed by atoms with van der Waals surface area (Å²) in [5.41, 5.74) is 0.509. The number of methoxy groups -OCH3 is 1. The summed E-state index contributed by atoms with van der Waals surface area (Å²) in [5, 5.41) is 15.8. The van der Waals surface area contributed by atoms with Gasteiger partial charge in [-0.15, -0.1) is 0 Å². The van der Waals surface area contributed by atoms with Crippen molar-refractivity contribution in [2.45, 2.75) is 0 Å². The zero-order chi connectivity index (χ0) is 9.84. The van der Waals surface area contributed by atoms with Crippen molar-refractivity contribution in [3.63, 3.8) is 0 Å². The van der Waals surface area contributed by atoms with E-state index in [0.717, 1.165) is 0 Å². The summed E-state index contributed by atoms with van der Waals surface area (Å²) in [6.07, 6.45) is 0. The fourth-order valence-corrected chi connectivity index (χ4v) is 0.891. The minimum atomic E-state index is -0.480. The molecule has 0 aliphatic rings. The van der Waals surface area contributed by atoms with Gasteiger partial charge in [0, 0.05) is 12.1 Å². The normalized spacial score (nSPS) is 8.64. The molecule has 0 heterocycles. The molecule has 0 fully saturated rings. The summed E-state index contributed by atoms with van der Waals surface area (Å²) >= 11 is 0. The number of nitro groups is 1. The number of non-ortho nitro benzene ring substituents is 1. The largest absolute Gasteiger partial charge is 1.00 e. The van der Waals surface area contributed by atoms with E-state index in [4.69, 9.17) is 10.1 Å². The summed E-state index contributed by atoms with van der Waals surface area (Å²) in [6, 6.07) is 5.95. The van der Waals surface area contributed by atoms with Gasteiger partial charge in [-0.3, -0.25) is 10.1 Å². The van der Waals surface area contributed by atoms with Gasteiger partial charge < -0.3 is 17.1 Å². The SMILES string of the molecule is COC(=[NH2+])c1cccc([N+](=O)[O-])c1.[Cl-]. The lowest BCUT2D eigenvalue weighted by molar-refractivity contribution is -0.384. The highest BCUT2D eigenvalue weighted by molar-refractivity contribution is 5.89. The maximum absolute atomic E-state index is 10.4. The van der Waals surface area contributed by atoms with Gasteiger partial charge in [0.05, 0.1) is 17.6 Å². The molecule has 0 amide bonds. The Hall–Kier alpha value is -1.62. The monoisotopic (exact) mass is 216 g/mol. The molecular formula is C8H9ClN2O3. The Morgan fingerprint density at radius 1 is 1.57 bits per heavy atom. The molecule has 2 N–H and O–H groups in total. The highest BCUT2D eigenvalue weighted by Crippen LogP contribution is 2.12. The molecule has 0 aliphatic carbocycles. The Labute approximate surface area is 86.8 Å². The van der Waals surface area contributed by atoms with Gasteiger partial charge in [-0.2, -0.15) is 0 Å². The minimum absolute atomic E-state index is 0. The van der Waals surface area contributed by atoms with Crippen molar-refractivity contribution in [2.24, 2.45) is 0 Å². The summed E-state index contributed by atoms with van der Waals surface area (Å²) < 4.78 is 4.74. The highest BCUT2D eigenvalue weighted by atomic mass is 35.5. The molecule has 0 bridgehead atoms. The fourth-order valence-electron chi connectivity index (χ4n) is 0.891. The Kier molecular flexibility index (Phi) is 4.58.